The summed E-state index contributed by atoms with van der Waals surface area (Å²) in [5, 5.41) is 4.54. The van der Waals surface area contributed by atoms with E-state index in [2.05, 4.69) is 140 Å². The van der Waals surface area contributed by atoms with Crippen LogP contribution in [0.4, 0.5) is 0 Å². The highest BCUT2D eigenvalue weighted by atomic mass is 16.3. The number of rotatable bonds is 6. The molecule has 0 atom stereocenters. The van der Waals surface area contributed by atoms with Gasteiger partial charge in [-0.15, -0.1) is 0 Å². The molecule has 0 spiro atoms. The minimum absolute atomic E-state index is 0.630. The van der Waals surface area contributed by atoms with E-state index in [0.717, 1.165) is 62.6 Å². The number of allylic oxidation sites excluding steroid dienone is 4. The molecule has 250 valence electrons. The average molecular weight is 680 g/mol. The van der Waals surface area contributed by atoms with Crippen molar-refractivity contribution in [2.75, 3.05) is 0 Å². The second-order valence-corrected chi connectivity index (χ2v) is 13.6. The first-order chi connectivity index (χ1) is 26.2. The molecule has 0 bridgehead atoms. The number of fused-ring (bicyclic) bond motifs is 4. The van der Waals surface area contributed by atoms with Crippen LogP contribution >= 0.6 is 0 Å². The summed E-state index contributed by atoms with van der Waals surface area (Å²) in [6.07, 6.45) is 6.16. The minimum atomic E-state index is 0.630. The van der Waals surface area contributed by atoms with Crippen LogP contribution in [0, 0.1) is 0 Å². The summed E-state index contributed by atoms with van der Waals surface area (Å²) in [5.74, 6) is 1.98. The Balaban J connectivity index is 1.07. The van der Waals surface area contributed by atoms with Gasteiger partial charge in [0.2, 0.25) is 0 Å². The lowest BCUT2D eigenvalue weighted by atomic mass is 9.91. The lowest BCUT2D eigenvalue weighted by Crippen LogP contribution is -2.04. The van der Waals surface area contributed by atoms with Gasteiger partial charge in [0.05, 0.1) is 0 Å². The second-order valence-electron chi connectivity index (χ2n) is 13.6. The highest BCUT2D eigenvalue weighted by Gasteiger charge is 2.20. The van der Waals surface area contributed by atoms with E-state index in [1.165, 1.54) is 33.0 Å². The summed E-state index contributed by atoms with van der Waals surface area (Å²) >= 11 is 0. The Morgan fingerprint density at radius 2 is 0.981 bits per heavy atom. The molecule has 0 fully saturated rings. The molecule has 1 aliphatic carbocycles. The fourth-order valence-electron chi connectivity index (χ4n) is 7.49. The maximum absolute atomic E-state index is 6.43. The van der Waals surface area contributed by atoms with Crippen LogP contribution < -0.4 is 0 Å². The number of furan rings is 1. The van der Waals surface area contributed by atoms with Crippen molar-refractivity contribution >= 4 is 43.9 Å². The van der Waals surface area contributed by atoms with E-state index in [9.17, 15) is 0 Å². The van der Waals surface area contributed by atoms with Crippen LogP contribution in [0.1, 0.15) is 24.2 Å². The molecule has 0 radical (unpaired) electrons. The number of benzene rings is 7. The zero-order valence-corrected chi connectivity index (χ0v) is 28.9. The molecule has 0 N–H and O–H groups in total. The smallest absolute Gasteiger partial charge is 0.164 e. The molecule has 0 saturated heterocycles. The molecule has 1 aliphatic rings. The van der Waals surface area contributed by atoms with Crippen molar-refractivity contribution in [1.82, 2.24) is 15.0 Å². The minimum Gasteiger partial charge on any atom is -0.456 e. The third-order valence-electron chi connectivity index (χ3n) is 10.3. The molecule has 7 aromatic carbocycles. The van der Waals surface area contributed by atoms with Crippen molar-refractivity contribution in [3.8, 4) is 45.0 Å². The Bertz CT molecular complexity index is 2870. The van der Waals surface area contributed by atoms with Gasteiger partial charge in [-0.1, -0.05) is 152 Å². The van der Waals surface area contributed by atoms with Crippen LogP contribution in [-0.4, -0.2) is 15.0 Å². The highest BCUT2D eigenvalue weighted by molar-refractivity contribution is 6.12. The van der Waals surface area contributed by atoms with Gasteiger partial charge in [-0.3, -0.25) is 0 Å². The zero-order chi connectivity index (χ0) is 35.1. The van der Waals surface area contributed by atoms with Crippen LogP contribution in [0.2, 0.25) is 0 Å². The van der Waals surface area contributed by atoms with Crippen molar-refractivity contribution in [1.29, 1.82) is 0 Å². The molecule has 4 heteroatoms. The van der Waals surface area contributed by atoms with Gasteiger partial charge in [-0.25, -0.2) is 15.0 Å². The third kappa shape index (κ3) is 5.81. The Hall–Kier alpha value is -6.91. The Morgan fingerprint density at radius 3 is 1.75 bits per heavy atom. The molecule has 2 aromatic heterocycles. The maximum Gasteiger partial charge on any atom is 0.164 e. The first kappa shape index (κ1) is 30.9. The molecule has 2 heterocycles. The molecular weight excluding hydrogens is 647 g/mol. The number of nitrogens with zero attached hydrogens (tertiary/aromatic N) is 3. The van der Waals surface area contributed by atoms with Gasteiger partial charge >= 0.3 is 0 Å². The number of hydrogen-bond donors (Lipinski definition) is 0. The van der Waals surface area contributed by atoms with Crippen LogP contribution in [0.15, 0.2) is 180 Å². The largest absolute Gasteiger partial charge is 0.456 e. The van der Waals surface area contributed by atoms with Crippen LogP contribution in [0.25, 0.3) is 88.9 Å². The topological polar surface area (TPSA) is 51.8 Å². The van der Waals surface area contributed by atoms with Crippen molar-refractivity contribution in [3.05, 3.63) is 187 Å². The van der Waals surface area contributed by atoms with Crippen LogP contribution in [0.5, 0.6) is 0 Å². The van der Waals surface area contributed by atoms with Gasteiger partial charge in [0.25, 0.3) is 0 Å². The van der Waals surface area contributed by atoms with E-state index in [4.69, 9.17) is 19.4 Å². The first-order valence-electron chi connectivity index (χ1n) is 18.1. The zero-order valence-electron chi connectivity index (χ0n) is 28.9. The Morgan fingerprint density at radius 1 is 0.377 bits per heavy atom. The molecule has 9 aromatic rings. The predicted molar refractivity (Wildman–Crippen MR) is 218 cm³/mol. The van der Waals surface area contributed by atoms with Gasteiger partial charge in [0.15, 0.2) is 17.5 Å². The van der Waals surface area contributed by atoms with E-state index in [-0.39, 0.29) is 0 Å². The summed E-state index contributed by atoms with van der Waals surface area (Å²) in [7, 11) is 0. The Kier molecular flexibility index (Phi) is 7.58. The maximum atomic E-state index is 6.43. The van der Waals surface area contributed by atoms with Gasteiger partial charge in [0.1, 0.15) is 11.2 Å². The van der Waals surface area contributed by atoms with Gasteiger partial charge < -0.3 is 4.42 Å². The monoisotopic (exact) mass is 679 g/mol. The fraction of sp³-hybridized carbons (Fsp3) is 0.0408. The van der Waals surface area contributed by atoms with Crippen molar-refractivity contribution in [2.24, 2.45) is 0 Å². The normalized spacial score (nSPS) is 13.0. The molecule has 0 amide bonds. The Labute approximate surface area is 307 Å². The van der Waals surface area contributed by atoms with Gasteiger partial charge in [0, 0.05) is 21.9 Å². The van der Waals surface area contributed by atoms with E-state index >= 15 is 0 Å². The van der Waals surface area contributed by atoms with Gasteiger partial charge in [-0.05, 0) is 86.8 Å². The molecule has 53 heavy (non-hydrogen) atoms. The van der Waals surface area contributed by atoms with E-state index in [1.807, 2.05) is 36.4 Å². The average Bonchev–Trinajstić information content (AvgIpc) is 3.62. The number of aromatic nitrogens is 3. The molecule has 0 saturated carbocycles. The molecule has 4 nitrogen and oxygen atoms in total. The van der Waals surface area contributed by atoms with E-state index in [0.29, 0.717) is 17.5 Å². The third-order valence-corrected chi connectivity index (χ3v) is 10.3. The highest BCUT2D eigenvalue weighted by Crippen LogP contribution is 2.39. The van der Waals surface area contributed by atoms with Crippen molar-refractivity contribution in [2.45, 2.75) is 12.8 Å². The summed E-state index contributed by atoms with van der Waals surface area (Å²) in [6.45, 7) is 0. The quantitative estimate of drug-likeness (QED) is 0.175. The summed E-state index contributed by atoms with van der Waals surface area (Å²) in [5.41, 5.74) is 11.8. The molecule has 0 aliphatic heterocycles. The number of hydrogen-bond acceptors (Lipinski definition) is 4. The van der Waals surface area contributed by atoms with E-state index < -0.39 is 0 Å². The van der Waals surface area contributed by atoms with Crippen LogP contribution in [0.3, 0.4) is 0 Å². The van der Waals surface area contributed by atoms with Crippen molar-refractivity contribution < 1.29 is 4.42 Å². The van der Waals surface area contributed by atoms with E-state index in [1.54, 1.807) is 0 Å². The first-order valence-corrected chi connectivity index (χ1v) is 18.1. The van der Waals surface area contributed by atoms with Crippen LogP contribution in [-0.2, 0) is 0 Å². The SMILES string of the molecule is C1=C(c2ccc3ccccc3c2)CCC(c2nc(-c3ccccc3)nc(-c3cccc4oc5ccc(-c6ccc(-c7ccccc7)cc6)cc5c34)n2)=C1. The summed E-state index contributed by atoms with van der Waals surface area (Å²) in [4.78, 5) is 15.4. The summed E-state index contributed by atoms with van der Waals surface area (Å²) in [6, 6.07) is 57.2. The van der Waals surface area contributed by atoms with Gasteiger partial charge in [-0.2, -0.15) is 0 Å². The standard InChI is InChI=1S/C49H33N3O/c1-3-10-32(11-4-1)34-18-20-36(21-19-34)41-28-29-44-43(31-41)46-42(16-9-17-45(46)53-44)49-51-47(37-13-5-2-6-14-37)50-48(52-49)38-25-22-35(23-26-38)40-27-24-33-12-7-8-15-39(33)30-40/h1-22,24-25,27-31H,23,26H2. The summed E-state index contributed by atoms with van der Waals surface area (Å²) < 4.78 is 6.43. The fourth-order valence-corrected chi connectivity index (χ4v) is 7.49. The lowest BCUT2D eigenvalue weighted by molar-refractivity contribution is 0.669. The molecule has 0 unspecified atom stereocenters. The lowest BCUT2D eigenvalue weighted by Gasteiger charge is -2.16. The molecular formula is C49H33N3O. The predicted octanol–water partition coefficient (Wildman–Crippen LogP) is 12.9. The van der Waals surface area contributed by atoms with Crippen molar-refractivity contribution in [3.63, 3.8) is 0 Å². The molecule has 10 rings (SSSR count). The second kappa shape index (κ2) is 13.0.